The number of hydrogen-bond acceptors (Lipinski definition) is 4. The van der Waals surface area contributed by atoms with Crippen LogP contribution in [-0.2, 0) is 11.2 Å². The van der Waals surface area contributed by atoms with Gasteiger partial charge < -0.3 is 9.64 Å². The van der Waals surface area contributed by atoms with E-state index in [1.54, 1.807) is 17.4 Å². The number of ether oxygens (including phenoxy) is 1. The minimum absolute atomic E-state index is 0.0413. The van der Waals surface area contributed by atoms with Gasteiger partial charge in [0.05, 0.1) is 16.3 Å². The van der Waals surface area contributed by atoms with Gasteiger partial charge in [-0.15, -0.1) is 11.3 Å². The zero-order valence-corrected chi connectivity index (χ0v) is 16.3. The first kappa shape index (κ1) is 17.0. The van der Waals surface area contributed by atoms with Crippen molar-refractivity contribution in [1.82, 2.24) is 9.88 Å². The number of benzene rings is 2. The predicted octanol–water partition coefficient (Wildman–Crippen LogP) is 5.01. The zero-order chi connectivity index (χ0) is 18.4. The molecule has 1 amide bonds. The van der Waals surface area contributed by atoms with E-state index < -0.39 is 6.10 Å². The van der Waals surface area contributed by atoms with Gasteiger partial charge in [-0.2, -0.15) is 0 Å². The number of amides is 1. The minimum atomic E-state index is -0.464. The van der Waals surface area contributed by atoms with Crippen LogP contribution in [0.2, 0.25) is 5.02 Å². The number of para-hydroxylation sites is 1. The van der Waals surface area contributed by atoms with E-state index in [1.807, 2.05) is 35.2 Å². The first-order valence-electron chi connectivity index (χ1n) is 9.30. The summed E-state index contributed by atoms with van der Waals surface area (Å²) in [5.41, 5.74) is 2.02. The summed E-state index contributed by atoms with van der Waals surface area (Å²) in [7, 11) is 0. The number of fused-ring (bicyclic) bond motifs is 2. The Morgan fingerprint density at radius 3 is 3.00 bits per heavy atom. The lowest BCUT2D eigenvalue weighted by Gasteiger charge is -2.35. The van der Waals surface area contributed by atoms with E-state index in [9.17, 15) is 4.79 Å². The largest absolute Gasteiger partial charge is 0.480 e. The van der Waals surface area contributed by atoms with Crippen molar-refractivity contribution >= 4 is 39.1 Å². The number of piperidine rings is 1. The number of likely N-dealkylation sites (tertiary alicyclic amines) is 1. The Morgan fingerprint density at radius 2 is 2.11 bits per heavy atom. The third-order valence-corrected chi connectivity index (χ3v) is 6.73. The molecule has 27 heavy (non-hydrogen) atoms. The lowest BCUT2D eigenvalue weighted by atomic mass is 10.0. The summed E-state index contributed by atoms with van der Waals surface area (Å²) in [4.78, 5) is 20.1. The van der Waals surface area contributed by atoms with Gasteiger partial charge in [0.2, 0.25) is 0 Å². The third kappa shape index (κ3) is 3.09. The second-order valence-corrected chi connectivity index (χ2v) is 8.62. The Labute approximate surface area is 166 Å². The van der Waals surface area contributed by atoms with Crippen molar-refractivity contribution in [2.75, 3.05) is 6.54 Å². The number of thiazole rings is 1. The van der Waals surface area contributed by atoms with Crippen molar-refractivity contribution in [3.8, 4) is 5.75 Å². The highest BCUT2D eigenvalue weighted by Crippen LogP contribution is 2.38. The molecule has 5 rings (SSSR count). The van der Waals surface area contributed by atoms with E-state index in [4.69, 9.17) is 21.3 Å². The van der Waals surface area contributed by atoms with Crippen molar-refractivity contribution in [3.05, 3.63) is 58.1 Å². The fourth-order valence-electron chi connectivity index (χ4n) is 4.02. The Morgan fingerprint density at radius 1 is 1.22 bits per heavy atom. The lowest BCUT2D eigenvalue weighted by Crippen LogP contribution is -2.45. The third-order valence-electron chi connectivity index (χ3n) is 5.35. The average molecular weight is 399 g/mol. The van der Waals surface area contributed by atoms with Crippen LogP contribution in [0, 0.1) is 0 Å². The molecule has 3 aromatic rings. The summed E-state index contributed by atoms with van der Waals surface area (Å²) in [6.45, 7) is 0.760. The van der Waals surface area contributed by atoms with E-state index >= 15 is 0 Å². The Hall–Kier alpha value is -2.11. The van der Waals surface area contributed by atoms with Crippen LogP contribution in [0.3, 0.4) is 0 Å². The molecule has 0 unspecified atom stereocenters. The van der Waals surface area contributed by atoms with Crippen LogP contribution < -0.4 is 4.74 Å². The number of carbonyl (C=O) groups excluding carboxylic acids is 1. The standard InChI is InChI=1S/C21H19ClN2O2S/c22-14-8-9-17-13(11-14)12-18(26-17)21(25)24-10-4-3-6-16(24)20-23-15-5-1-2-7-19(15)27-20/h1-2,5,7-9,11,16,18H,3-4,6,10,12H2/t16-,18-/m0/s1. The number of halogens is 1. The molecule has 2 aliphatic rings. The van der Waals surface area contributed by atoms with Gasteiger partial charge >= 0.3 is 0 Å². The molecule has 0 spiro atoms. The topological polar surface area (TPSA) is 42.4 Å². The molecule has 0 saturated carbocycles. The zero-order valence-electron chi connectivity index (χ0n) is 14.7. The van der Waals surface area contributed by atoms with Crippen molar-refractivity contribution in [2.24, 2.45) is 0 Å². The fraction of sp³-hybridized carbons (Fsp3) is 0.333. The Balaban J connectivity index is 1.41. The number of nitrogens with zero attached hydrogens (tertiary/aromatic N) is 2. The van der Waals surface area contributed by atoms with Crippen molar-refractivity contribution < 1.29 is 9.53 Å². The van der Waals surface area contributed by atoms with Crippen LogP contribution in [-0.4, -0.2) is 28.4 Å². The monoisotopic (exact) mass is 398 g/mol. The van der Waals surface area contributed by atoms with Gasteiger partial charge in [0.25, 0.3) is 5.91 Å². The van der Waals surface area contributed by atoms with Crippen LogP contribution in [0.5, 0.6) is 5.75 Å². The van der Waals surface area contributed by atoms with Gasteiger partial charge in [0.1, 0.15) is 10.8 Å². The molecule has 3 heterocycles. The molecule has 1 aromatic heterocycles. The van der Waals surface area contributed by atoms with Gasteiger partial charge in [-0.25, -0.2) is 4.98 Å². The number of aromatic nitrogens is 1. The molecule has 1 fully saturated rings. The minimum Gasteiger partial charge on any atom is -0.480 e. The fourth-order valence-corrected chi connectivity index (χ4v) is 5.33. The second-order valence-electron chi connectivity index (χ2n) is 7.13. The lowest BCUT2D eigenvalue weighted by molar-refractivity contribution is -0.142. The van der Waals surface area contributed by atoms with Crippen molar-refractivity contribution in [1.29, 1.82) is 0 Å². The smallest absolute Gasteiger partial charge is 0.264 e. The molecule has 0 N–H and O–H groups in total. The van der Waals surface area contributed by atoms with Crippen molar-refractivity contribution in [3.63, 3.8) is 0 Å². The maximum absolute atomic E-state index is 13.3. The molecule has 138 valence electrons. The normalized spacial score (nSPS) is 21.9. The summed E-state index contributed by atoms with van der Waals surface area (Å²) in [5.74, 6) is 0.831. The van der Waals surface area contributed by atoms with Gasteiger partial charge in [-0.05, 0) is 55.2 Å². The molecular formula is C21H19ClN2O2S. The van der Waals surface area contributed by atoms with Gasteiger partial charge in [-0.3, -0.25) is 4.79 Å². The highest BCUT2D eigenvalue weighted by molar-refractivity contribution is 7.18. The summed E-state index contributed by atoms with van der Waals surface area (Å²) in [6.07, 6.45) is 3.22. The molecule has 6 heteroatoms. The molecule has 0 radical (unpaired) electrons. The molecule has 0 bridgehead atoms. The van der Waals surface area contributed by atoms with Crippen LogP contribution >= 0.6 is 22.9 Å². The molecule has 0 aliphatic carbocycles. The number of hydrogen-bond donors (Lipinski definition) is 0. The van der Waals surface area contributed by atoms with Crippen molar-refractivity contribution in [2.45, 2.75) is 37.8 Å². The first-order chi connectivity index (χ1) is 13.2. The van der Waals surface area contributed by atoms with Crippen LogP contribution in [0.4, 0.5) is 0 Å². The van der Waals surface area contributed by atoms with E-state index in [-0.39, 0.29) is 11.9 Å². The number of rotatable bonds is 2. The summed E-state index contributed by atoms with van der Waals surface area (Å²) >= 11 is 7.78. The molecule has 2 aromatic carbocycles. The van der Waals surface area contributed by atoms with Gasteiger partial charge in [-0.1, -0.05) is 23.7 Å². The summed E-state index contributed by atoms with van der Waals surface area (Å²) < 4.78 is 7.12. The second kappa shape index (κ2) is 6.80. The van der Waals surface area contributed by atoms with E-state index in [0.717, 1.165) is 47.6 Å². The maximum atomic E-state index is 13.3. The summed E-state index contributed by atoms with van der Waals surface area (Å²) in [5, 5.41) is 1.71. The molecule has 2 aliphatic heterocycles. The molecule has 2 atom stereocenters. The SMILES string of the molecule is O=C([C@@H]1Cc2cc(Cl)ccc2O1)N1CCCC[C@H]1c1nc2ccccc2s1. The number of carbonyl (C=O) groups is 1. The Kier molecular flexibility index (Phi) is 4.29. The predicted molar refractivity (Wildman–Crippen MR) is 107 cm³/mol. The van der Waals surface area contributed by atoms with Crippen LogP contribution in [0.25, 0.3) is 10.2 Å². The first-order valence-corrected chi connectivity index (χ1v) is 10.5. The van der Waals surface area contributed by atoms with Gasteiger partial charge in [0.15, 0.2) is 6.10 Å². The van der Waals surface area contributed by atoms with E-state index in [2.05, 4.69) is 6.07 Å². The molecular weight excluding hydrogens is 380 g/mol. The molecule has 4 nitrogen and oxygen atoms in total. The quantitative estimate of drug-likeness (QED) is 0.609. The summed E-state index contributed by atoms with van der Waals surface area (Å²) in [6, 6.07) is 13.7. The van der Waals surface area contributed by atoms with Gasteiger partial charge in [0, 0.05) is 18.0 Å². The van der Waals surface area contributed by atoms with Crippen LogP contribution in [0.15, 0.2) is 42.5 Å². The maximum Gasteiger partial charge on any atom is 0.264 e. The average Bonchev–Trinajstić information content (AvgIpc) is 3.31. The van der Waals surface area contributed by atoms with E-state index in [1.165, 1.54) is 4.70 Å². The Bertz CT molecular complexity index is 985. The van der Waals surface area contributed by atoms with E-state index in [0.29, 0.717) is 11.4 Å². The molecule has 1 saturated heterocycles. The highest BCUT2D eigenvalue weighted by atomic mass is 35.5. The highest BCUT2D eigenvalue weighted by Gasteiger charge is 2.38. The van der Waals surface area contributed by atoms with Crippen LogP contribution in [0.1, 0.15) is 35.9 Å².